The molecule has 0 radical (unpaired) electrons. The van der Waals surface area contributed by atoms with E-state index in [1.165, 1.54) is 5.56 Å². The summed E-state index contributed by atoms with van der Waals surface area (Å²) in [5.74, 6) is 0. The lowest BCUT2D eigenvalue weighted by molar-refractivity contribution is 0.444. The van der Waals surface area contributed by atoms with Crippen molar-refractivity contribution in [3.05, 3.63) is 28.2 Å². The summed E-state index contributed by atoms with van der Waals surface area (Å²) in [5.41, 5.74) is 8.60. The molecule has 14 heavy (non-hydrogen) atoms. The molecule has 0 unspecified atom stereocenters. The smallest absolute Gasteiger partial charge is 0.0393 e. The predicted molar refractivity (Wildman–Crippen MR) is 63.4 cm³/mol. The van der Waals surface area contributed by atoms with Crippen LogP contribution in [-0.4, -0.2) is 5.54 Å². The quantitative estimate of drug-likeness (QED) is 0.747. The van der Waals surface area contributed by atoms with Crippen LogP contribution in [0.2, 0.25) is 0 Å². The molecule has 1 aliphatic heterocycles. The van der Waals surface area contributed by atoms with Gasteiger partial charge in [0.1, 0.15) is 0 Å². The van der Waals surface area contributed by atoms with Crippen LogP contribution in [0.15, 0.2) is 22.7 Å². The van der Waals surface area contributed by atoms with Crippen molar-refractivity contribution in [3.63, 3.8) is 0 Å². The Morgan fingerprint density at radius 3 is 2.93 bits per heavy atom. The fourth-order valence-electron chi connectivity index (χ4n) is 2.03. The van der Waals surface area contributed by atoms with Gasteiger partial charge in [0.05, 0.1) is 0 Å². The summed E-state index contributed by atoms with van der Waals surface area (Å²) in [5, 5.41) is 3.49. The van der Waals surface area contributed by atoms with Gasteiger partial charge in [0.25, 0.3) is 0 Å². The van der Waals surface area contributed by atoms with Gasteiger partial charge in [-0.15, -0.1) is 0 Å². The molecule has 1 aliphatic rings. The molecule has 3 N–H and O–H groups in total. The number of rotatable bonds is 0. The van der Waals surface area contributed by atoms with Gasteiger partial charge in [-0.1, -0.05) is 15.9 Å². The highest BCUT2D eigenvalue weighted by Crippen LogP contribution is 2.37. The van der Waals surface area contributed by atoms with Crippen LogP contribution >= 0.6 is 15.9 Å². The van der Waals surface area contributed by atoms with Gasteiger partial charge >= 0.3 is 0 Å². The Labute approximate surface area is 93.0 Å². The number of nitrogens with one attached hydrogen (secondary N) is 1. The highest BCUT2D eigenvalue weighted by Gasteiger charge is 2.29. The lowest BCUT2D eigenvalue weighted by Gasteiger charge is -2.37. The van der Waals surface area contributed by atoms with Gasteiger partial charge in [0.15, 0.2) is 0 Å². The Morgan fingerprint density at radius 1 is 1.50 bits per heavy atom. The maximum atomic E-state index is 6.13. The number of halogens is 1. The number of nitrogens with two attached hydrogens (primary N) is 1. The molecule has 0 spiro atoms. The largest absolute Gasteiger partial charge is 0.380 e. The van der Waals surface area contributed by atoms with E-state index in [9.17, 15) is 0 Å². The van der Waals surface area contributed by atoms with E-state index in [-0.39, 0.29) is 11.6 Å². The molecular formula is C11H15BrN2. The number of benzene rings is 1. The van der Waals surface area contributed by atoms with Crippen molar-refractivity contribution < 1.29 is 0 Å². The molecule has 1 aromatic carbocycles. The average Bonchev–Trinajstić information content (AvgIpc) is 2.05. The van der Waals surface area contributed by atoms with Gasteiger partial charge < -0.3 is 11.1 Å². The minimum Gasteiger partial charge on any atom is -0.380 e. The molecule has 3 heteroatoms. The monoisotopic (exact) mass is 254 g/mol. The second kappa shape index (κ2) is 3.24. The molecular weight excluding hydrogens is 240 g/mol. The topological polar surface area (TPSA) is 38.0 Å². The first-order valence-electron chi connectivity index (χ1n) is 4.81. The number of hydrogen-bond acceptors (Lipinski definition) is 2. The lowest BCUT2D eigenvalue weighted by Crippen LogP contribution is -2.39. The third kappa shape index (κ3) is 1.79. The van der Waals surface area contributed by atoms with E-state index in [4.69, 9.17) is 5.73 Å². The van der Waals surface area contributed by atoms with Crippen LogP contribution in [0.25, 0.3) is 0 Å². The summed E-state index contributed by atoms with van der Waals surface area (Å²) in [6.07, 6.45) is 0.969. The van der Waals surface area contributed by atoms with Crippen molar-refractivity contribution in [2.24, 2.45) is 5.73 Å². The number of hydrogen-bond donors (Lipinski definition) is 2. The SMILES string of the molecule is CC1(C)C[C@H](N)c2cc(Br)ccc2N1. The molecule has 1 aromatic rings. The molecule has 0 fully saturated rings. The summed E-state index contributed by atoms with van der Waals surface area (Å²) in [7, 11) is 0. The fourth-order valence-corrected chi connectivity index (χ4v) is 2.41. The predicted octanol–water partition coefficient (Wildman–Crippen LogP) is 3.04. The van der Waals surface area contributed by atoms with Gasteiger partial charge in [-0.2, -0.15) is 0 Å². The molecule has 0 amide bonds. The Kier molecular flexibility index (Phi) is 2.32. The van der Waals surface area contributed by atoms with E-state index in [0.29, 0.717) is 0 Å². The molecule has 2 rings (SSSR count). The highest BCUT2D eigenvalue weighted by molar-refractivity contribution is 9.10. The summed E-state index contributed by atoms with van der Waals surface area (Å²) in [6.45, 7) is 4.36. The van der Waals surface area contributed by atoms with Crippen molar-refractivity contribution >= 4 is 21.6 Å². The van der Waals surface area contributed by atoms with E-state index in [2.05, 4.69) is 47.2 Å². The van der Waals surface area contributed by atoms with Crippen LogP contribution in [0.3, 0.4) is 0 Å². The third-order valence-corrected chi connectivity index (χ3v) is 3.11. The first-order chi connectivity index (χ1) is 6.48. The molecule has 0 aromatic heterocycles. The van der Waals surface area contributed by atoms with Crippen LogP contribution < -0.4 is 11.1 Å². The zero-order valence-corrected chi connectivity index (χ0v) is 10.1. The highest BCUT2D eigenvalue weighted by atomic mass is 79.9. The van der Waals surface area contributed by atoms with Gasteiger partial charge in [-0.05, 0) is 44.0 Å². The molecule has 1 heterocycles. The van der Waals surface area contributed by atoms with Gasteiger partial charge in [-0.25, -0.2) is 0 Å². The average molecular weight is 255 g/mol. The second-order valence-electron chi connectivity index (χ2n) is 4.55. The van der Waals surface area contributed by atoms with Crippen LogP contribution in [0, 0.1) is 0 Å². The van der Waals surface area contributed by atoms with Crippen molar-refractivity contribution in [2.45, 2.75) is 31.8 Å². The van der Waals surface area contributed by atoms with E-state index in [1.807, 2.05) is 6.07 Å². The van der Waals surface area contributed by atoms with Gasteiger partial charge in [0, 0.05) is 21.7 Å². The molecule has 2 nitrogen and oxygen atoms in total. The Bertz CT molecular complexity index is 360. The Morgan fingerprint density at radius 2 is 2.21 bits per heavy atom. The standard InChI is InChI=1S/C11H15BrN2/c1-11(2)6-9(13)8-5-7(12)3-4-10(8)14-11/h3-5,9,14H,6,13H2,1-2H3/t9-/m0/s1. The van der Waals surface area contributed by atoms with E-state index in [1.54, 1.807) is 0 Å². The first kappa shape index (κ1) is 9.99. The Hall–Kier alpha value is -0.540. The fraction of sp³-hybridized carbons (Fsp3) is 0.455. The van der Waals surface area contributed by atoms with Gasteiger partial charge in [-0.3, -0.25) is 0 Å². The minimum atomic E-state index is 0.0975. The summed E-state index contributed by atoms with van der Waals surface area (Å²) in [6, 6.07) is 6.36. The van der Waals surface area contributed by atoms with Crippen molar-refractivity contribution in [3.8, 4) is 0 Å². The Balaban J connectivity index is 2.45. The summed E-state index contributed by atoms with van der Waals surface area (Å²) in [4.78, 5) is 0. The molecule has 76 valence electrons. The zero-order valence-electron chi connectivity index (χ0n) is 8.47. The molecule has 0 bridgehead atoms. The maximum Gasteiger partial charge on any atom is 0.0393 e. The summed E-state index contributed by atoms with van der Waals surface area (Å²) < 4.78 is 1.09. The van der Waals surface area contributed by atoms with Crippen LogP contribution in [-0.2, 0) is 0 Å². The van der Waals surface area contributed by atoms with E-state index in [0.717, 1.165) is 16.6 Å². The van der Waals surface area contributed by atoms with Crippen molar-refractivity contribution in [1.82, 2.24) is 0 Å². The summed E-state index contributed by atoms with van der Waals surface area (Å²) >= 11 is 3.46. The zero-order chi connectivity index (χ0) is 10.3. The van der Waals surface area contributed by atoms with E-state index < -0.39 is 0 Å². The number of anilines is 1. The molecule has 1 atom stereocenters. The molecule has 0 aliphatic carbocycles. The van der Waals surface area contributed by atoms with Crippen molar-refractivity contribution in [1.29, 1.82) is 0 Å². The minimum absolute atomic E-state index is 0.0975. The number of fused-ring (bicyclic) bond motifs is 1. The van der Waals surface area contributed by atoms with Crippen molar-refractivity contribution in [2.75, 3.05) is 5.32 Å². The maximum absolute atomic E-state index is 6.13. The molecule has 0 saturated heterocycles. The third-order valence-electron chi connectivity index (χ3n) is 2.62. The lowest BCUT2D eigenvalue weighted by atomic mass is 9.86. The second-order valence-corrected chi connectivity index (χ2v) is 5.47. The van der Waals surface area contributed by atoms with Gasteiger partial charge in [0.2, 0.25) is 0 Å². The normalized spacial score (nSPS) is 23.9. The van der Waals surface area contributed by atoms with Crippen LogP contribution in [0.4, 0.5) is 5.69 Å². The van der Waals surface area contributed by atoms with Crippen LogP contribution in [0.1, 0.15) is 31.9 Å². The van der Waals surface area contributed by atoms with Crippen LogP contribution in [0.5, 0.6) is 0 Å². The van der Waals surface area contributed by atoms with E-state index >= 15 is 0 Å². The first-order valence-corrected chi connectivity index (χ1v) is 5.60. The molecule has 0 saturated carbocycles.